The highest BCUT2D eigenvalue weighted by atomic mass is 16.5. The Morgan fingerprint density at radius 2 is 2.00 bits per heavy atom. The standard InChI is InChI=1S/C17H26N2O2/c1-4-14-21-16-9-6-15(7-10-16)8-11-17(20)18-12-5-13-19(2)3/h6-11H,4-5,12-14H2,1-3H3,(H,18,20)/b11-8+. The molecule has 4 heteroatoms. The van der Waals surface area contributed by atoms with Crippen molar-refractivity contribution in [3.05, 3.63) is 35.9 Å². The number of nitrogens with one attached hydrogen (secondary N) is 1. The Labute approximate surface area is 127 Å². The molecule has 0 heterocycles. The largest absolute Gasteiger partial charge is 0.494 e. The van der Waals surface area contributed by atoms with Crippen LogP contribution in [-0.4, -0.2) is 44.6 Å². The molecule has 0 unspecified atom stereocenters. The average Bonchev–Trinajstić information content (AvgIpc) is 2.48. The molecule has 0 bridgehead atoms. The summed E-state index contributed by atoms with van der Waals surface area (Å²) in [6.07, 6.45) is 5.33. The van der Waals surface area contributed by atoms with E-state index in [1.165, 1.54) is 0 Å². The maximum Gasteiger partial charge on any atom is 0.243 e. The van der Waals surface area contributed by atoms with Crippen LogP contribution in [0.1, 0.15) is 25.3 Å². The molecule has 0 spiro atoms. The van der Waals surface area contributed by atoms with Gasteiger partial charge in [0.05, 0.1) is 6.61 Å². The van der Waals surface area contributed by atoms with Gasteiger partial charge < -0.3 is 15.0 Å². The molecule has 0 atom stereocenters. The highest BCUT2D eigenvalue weighted by molar-refractivity contribution is 5.91. The van der Waals surface area contributed by atoms with Crippen molar-refractivity contribution in [2.24, 2.45) is 0 Å². The number of rotatable bonds is 9. The van der Waals surface area contributed by atoms with Gasteiger partial charge in [-0.1, -0.05) is 19.1 Å². The van der Waals surface area contributed by atoms with Gasteiger partial charge in [0.2, 0.25) is 5.91 Å². The summed E-state index contributed by atoms with van der Waals surface area (Å²) in [6, 6.07) is 7.73. The van der Waals surface area contributed by atoms with Gasteiger partial charge in [0.15, 0.2) is 0 Å². The first-order chi connectivity index (χ1) is 10.1. The van der Waals surface area contributed by atoms with E-state index in [1.807, 2.05) is 44.4 Å². The molecule has 0 aliphatic carbocycles. The molecule has 0 aliphatic rings. The minimum atomic E-state index is -0.0555. The van der Waals surface area contributed by atoms with Crippen molar-refractivity contribution in [2.45, 2.75) is 19.8 Å². The Balaban J connectivity index is 2.32. The minimum absolute atomic E-state index is 0.0555. The van der Waals surface area contributed by atoms with Crippen LogP contribution in [0.4, 0.5) is 0 Å². The number of amides is 1. The van der Waals surface area contributed by atoms with E-state index < -0.39 is 0 Å². The van der Waals surface area contributed by atoms with E-state index in [2.05, 4.69) is 17.1 Å². The van der Waals surface area contributed by atoms with E-state index in [4.69, 9.17) is 4.74 Å². The third-order valence-corrected chi connectivity index (χ3v) is 2.86. The van der Waals surface area contributed by atoms with E-state index >= 15 is 0 Å². The second-order valence-corrected chi connectivity index (χ2v) is 5.20. The lowest BCUT2D eigenvalue weighted by atomic mass is 10.2. The smallest absolute Gasteiger partial charge is 0.243 e. The predicted octanol–water partition coefficient (Wildman–Crippen LogP) is 2.56. The lowest BCUT2D eigenvalue weighted by Gasteiger charge is -2.08. The number of ether oxygens (including phenoxy) is 1. The van der Waals surface area contributed by atoms with Gasteiger partial charge in [-0.3, -0.25) is 4.79 Å². The van der Waals surface area contributed by atoms with Crippen LogP contribution in [0.5, 0.6) is 5.75 Å². The van der Waals surface area contributed by atoms with Crippen LogP contribution < -0.4 is 10.1 Å². The molecule has 0 saturated heterocycles. The Kier molecular flexibility index (Phi) is 8.21. The van der Waals surface area contributed by atoms with Crippen LogP contribution >= 0.6 is 0 Å². The van der Waals surface area contributed by atoms with Gasteiger partial charge >= 0.3 is 0 Å². The fourth-order valence-corrected chi connectivity index (χ4v) is 1.73. The van der Waals surface area contributed by atoms with E-state index in [0.717, 1.165) is 37.3 Å². The monoisotopic (exact) mass is 290 g/mol. The first kappa shape index (κ1) is 17.2. The van der Waals surface area contributed by atoms with E-state index in [-0.39, 0.29) is 5.91 Å². The highest BCUT2D eigenvalue weighted by Crippen LogP contribution is 2.13. The van der Waals surface area contributed by atoms with Crippen molar-refractivity contribution in [1.82, 2.24) is 10.2 Å². The molecule has 1 aromatic rings. The van der Waals surface area contributed by atoms with Crippen molar-refractivity contribution in [2.75, 3.05) is 33.8 Å². The molecule has 116 valence electrons. The number of hydrogen-bond acceptors (Lipinski definition) is 3. The summed E-state index contributed by atoms with van der Waals surface area (Å²) in [5.74, 6) is 0.808. The van der Waals surface area contributed by atoms with Crippen LogP contribution in [0, 0.1) is 0 Å². The number of carbonyl (C=O) groups excluding carboxylic acids is 1. The summed E-state index contributed by atoms with van der Waals surface area (Å²) < 4.78 is 5.51. The maximum absolute atomic E-state index is 11.6. The first-order valence-corrected chi connectivity index (χ1v) is 7.45. The predicted molar refractivity (Wildman–Crippen MR) is 87.4 cm³/mol. The summed E-state index contributed by atoms with van der Waals surface area (Å²) in [4.78, 5) is 13.7. The van der Waals surface area contributed by atoms with Crippen LogP contribution in [0.3, 0.4) is 0 Å². The molecule has 0 fully saturated rings. The molecule has 0 saturated carbocycles. The van der Waals surface area contributed by atoms with Crippen LogP contribution in [0.25, 0.3) is 6.08 Å². The Bertz CT molecular complexity index is 439. The summed E-state index contributed by atoms with van der Waals surface area (Å²) in [7, 11) is 4.05. The number of hydrogen-bond donors (Lipinski definition) is 1. The van der Waals surface area contributed by atoms with Crippen molar-refractivity contribution in [3.63, 3.8) is 0 Å². The minimum Gasteiger partial charge on any atom is -0.494 e. The summed E-state index contributed by atoms with van der Waals surface area (Å²) >= 11 is 0. The normalized spacial score (nSPS) is 11.0. The van der Waals surface area contributed by atoms with Gasteiger partial charge in [-0.15, -0.1) is 0 Å². The van der Waals surface area contributed by atoms with Crippen molar-refractivity contribution < 1.29 is 9.53 Å². The van der Waals surface area contributed by atoms with Crippen molar-refractivity contribution in [1.29, 1.82) is 0 Å². The highest BCUT2D eigenvalue weighted by Gasteiger charge is 1.96. The lowest BCUT2D eigenvalue weighted by molar-refractivity contribution is -0.116. The molecular formula is C17H26N2O2. The fraction of sp³-hybridized carbons (Fsp3) is 0.471. The maximum atomic E-state index is 11.6. The van der Waals surface area contributed by atoms with E-state index in [9.17, 15) is 4.79 Å². The van der Waals surface area contributed by atoms with Gasteiger partial charge in [-0.2, -0.15) is 0 Å². The molecule has 0 radical (unpaired) electrons. The molecule has 0 aliphatic heterocycles. The third kappa shape index (κ3) is 8.15. The van der Waals surface area contributed by atoms with Gasteiger partial charge in [0.1, 0.15) is 5.75 Å². The molecule has 1 aromatic carbocycles. The first-order valence-electron chi connectivity index (χ1n) is 7.45. The molecule has 1 N–H and O–H groups in total. The number of nitrogens with zero attached hydrogens (tertiary/aromatic N) is 1. The quantitative estimate of drug-likeness (QED) is 0.561. The lowest BCUT2D eigenvalue weighted by Crippen LogP contribution is -2.25. The van der Waals surface area contributed by atoms with Crippen molar-refractivity contribution >= 4 is 12.0 Å². The topological polar surface area (TPSA) is 41.6 Å². The third-order valence-electron chi connectivity index (χ3n) is 2.86. The van der Waals surface area contributed by atoms with Gasteiger partial charge in [0, 0.05) is 12.6 Å². The summed E-state index contributed by atoms with van der Waals surface area (Å²) in [5.41, 5.74) is 0.988. The zero-order chi connectivity index (χ0) is 15.5. The van der Waals surface area contributed by atoms with Crippen LogP contribution in [-0.2, 0) is 4.79 Å². The summed E-state index contributed by atoms with van der Waals surface area (Å²) in [6.45, 7) is 4.48. The SMILES string of the molecule is CCCOc1ccc(/C=C/C(=O)NCCCN(C)C)cc1. The van der Waals surface area contributed by atoms with Gasteiger partial charge in [0.25, 0.3) is 0 Å². The Morgan fingerprint density at radius 1 is 1.29 bits per heavy atom. The second-order valence-electron chi connectivity index (χ2n) is 5.20. The number of carbonyl (C=O) groups is 1. The number of benzene rings is 1. The zero-order valence-corrected chi connectivity index (χ0v) is 13.3. The van der Waals surface area contributed by atoms with Gasteiger partial charge in [-0.25, -0.2) is 0 Å². The molecule has 1 amide bonds. The molecule has 4 nitrogen and oxygen atoms in total. The Morgan fingerprint density at radius 3 is 2.62 bits per heavy atom. The second kappa shape index (κ2) is 10.00. The summed E-state index contributed by atoms with van der Waals surface area (Å²) in [5, 5.41) is 2.87. The molecular weight excluding hydrogens is 264 g/mol. The molecule has 0 aromatic heterocycles. The van der Waals surface area contributed by atoms with Crippen LogP contribution in [0.15, 0.2) is 30.3 Å². The molecule has 1 rings (SSSR count). The van der Waals surface area contributed by atoms with E-state index in [1.54, 1.807) is 6.08 Å². The van der Waals surface area contributed by atoms with Gasteiger partial charge in [-0.05, 0) is 57.3 Å². The fourth-order valence-electron chi connectivity index (χ4n) is 1.73. The average molecular weight is 290 g/mol. The van der Waals surface area contributed by atoms with E-state index in [0.29, 0.717) is 6.54 Å². The van der Waals surface area contributed by atoms with Crippen LogP contribution in [0.2, 0.25) is 0 Å². The zero-order valence-electron chi connectivity index (χ0n) is 13.3. The van der Waals surface area contributed by atoms with Crippen molar-refractivity contribution in [3.8, 4) is 5.75 Å². The molecule has 21 heavy (non-hydrogen) atoms. The Hall–Kier alpha value is -1.81.